The number of nitro benzene ring substituents is 1. The Labute approximate surface area is 290 Å². The summed E-state index contributed by atoms with van der Waals surface area (Å²) in [5, 5.41) is 12.0. The number of carbonyl (C=O) groups excluding carboxylic acids is 1. The Bertz CT molecular complexity index is 1620. The van der Waals surface area contributed by atoms with Crippen molar-refractivity contribution in [2.75, 3.05) is 12.3 Å². The molecule has 4 aromatic carbocycles. The van der Waals surface area contributed by atoms with Gasteiger partial charge < -0.3 is 19.9 Å². The van der Waals surface area contributed by atoms with Gasteiger partial charge in [-0.15, -0.1) is 0 Å². The summed E-state index contributed by atoms with van der Waals surface area (Å²) in [6.07, 6.45) is 12.6. The van der Waals surface area contributed by atoms with Crippen LogP contribution in [0.15, 0.2) is 84.9 Å². The van der Waals surface area contributed by atoms with Crippen LogP contribution in [-0.2, 0) is 0 Å². The highest BCUT2D eigenvalue weighted by molar-refractivity contribution is 5.92. The predicted molar refractivity (Wildman–Crippen MR) is 198 cm³/mol. The van der Waals surface area contributed by atoms with Crippen LogP contribution in [0.2, 0.25) is 0 Å². The van der Waals surface area contributed by atoms with Crippen molar-refractivity contribution in [1.29, 1.82) is 0 Å². The van der Waals surface area contributed by atoms with Crippen molar-refractivity contribution in [2.45, 2.75) is 97.5 Å². The molecule has 0 fully saturated rings. The Morgan fingerprint density at radius 3 is 1.90 bits per heavy atom. The summed E-state index contributed by atoms with van der Waals surface area (Å²) in [5.41, 5.74) is 9.72. The minimum Gasteiger partial charge on any atom is -0.494 e. The van der Waals surface area contributed by atoms with Crippen molar-refractivity contribution < 1.29 is 23.9 Å². The molecule has 8 heteroatoms. The molecule has 0 saturated heterocycles. The Kier molecular flexibility index (Phi) is 14.5. The summed E-state index contributed by atoms with van der Waals surface area (Å²) in [4.78, 5) is 24.5. The molecule has 0 aromatic heterocycles. The van der Waals surface area contributed by atoms with E-state index < -0.39 is 10.9 Å². The van der Waals surface area contributed by atoms with E-state index in [4.69, 9.17) is 19.9 Å². The molecule has 2 N–H and O–H groups in total. The molecule has 4 rings (SSSR count). The number of nitrogen functional groups attached to an aromatic ring is 1. The fraction of sp³-hybridized carbons (Fsp3) is 0.390. The van der Waals surface area contributed by atoms with Crippen molar-refractivity contribution >= 4 is 17.3 Å². The second kappa shape index (κ2) is 19.2. The molecule has 0 aliphatic carbocycles. The average Bonchev–Trinajstić information content (AvgIpc) is 3.11. The lowest BCUT2D eigenvalue weighted by Crippen LogP contribution is -2.13. The van der Waals surface area contributed by atoms with E-state index in [9.17, 15) is 14.9 Å². The standard InChI is InChI=1S/C41H50N2O6/c1-4-6-8-10-11-13-27-47-35-23-19-31(20-24-35)32-21-25-36(26-22-32)49-41(44)34-17-15-33(16-18-34)37-28-38(42)40(29-39(37)43(45)46)48-30(3)14-12-9-7-5-2/h15-26,28-30H,4-14,27,42H2,1-3H3/t30-/m1/s1. The predicted octanol–water partition coefficient (Wildman–Crippen LogP) is 11.2. The van der Waals surface area contributed by atoms with Gasteiger partial charge in [-0.2, -0.15) is 0 Å². The van der Waals surface area contributed by atoms with E-state index in [0.717, 1.165) is 55.6 Å². The fourth-order valence-electron chi connectivity index (χ4n) is 5.69. The third-order valence-electron chi connectivity index (χ3n) is 8.57. The Hall–Kier alpha value is -4.85. The molecule has 1 atom stereocenters. The SMILES string of the molecule is CCCCCCCCOc1ccc(-c2ccc(OC(=O)c3ccc(-c4cc(N)c(O[C@H](C)CCCCCC)cc4[N+](=O)[O-])cc3)cc2)cc1. The normalized spacial score (nSPS) is 11.6. The minimum atomic E-state index is -0.531. The summed E-state index contributed by atoms with van der Waals surface area (Å²) in [7, 11) is 0. The number of nitrogens with zero attached hydrogens (tertiary/aromatic N) is 1. The van der Waals surface area contributed by atoms with E-state index in [1.54, 1.807) is 42.5 Å². The van der Waals surface area contributed by atoms with Gasteiger partial charge >= 0.3 is 5.97 Å². The molecule has 0 amide bonds. The molecule has 0 unspecified atom stereocenters. The molecule has 0 radical (unpaired) electrons. The van der Waals surface area contributed by atoms with Gasteiger partial charge in [0.2, 0.25) is 0 Å². The van der Waals surface area contributed by atoms with E-state index in [1.807, 2.05) is 43.3 Å². The van der Waals surface area contributed by atoms with Gasteiger partial charge in [-0.25, -0.2) is 4.79 Å². The maximum absolute atomic E-state index is 12.9. The quantitative estimate of drug-likeness (QED) is 0.0249. The van der Waals surface area contributed by atoms with Gasteiger partial charge in [0.05, 0.1) is 40.5 Å². The number of ether oxygens (including phenoxy) is 3. The highest BCUT2D eigenvalue weighted by atomic mass is 16.6. The molecule has 8 nitrogen and oxygen atoms in total. The molecule has 4 aromatic rings. The van der Waals surface area contributed by atoms with Crippen molar-refractivity contribution in [3.05, 3.63) is 101 Å². The molecule has 0 spiro atoms. The second-order valence-electron chi connectivity index (χ2n) is 12.6. The van der Waals surface area contributed by atoms with Gasteiger partial charge in [0.1, 0.15) is 17.2 Å². The van der Waals surface area contributed by atoms with Crippen LogP contribution in [0.3, 0.4) is 0 Å². The van der Waals surface area contributed by atoms with Crippen molar-refractivity contribution in [3.8, 4) is 39.5 Å². The summed E-state index contributed by atoms with van der Waals surface area (Å²) in [5.74, 6) is 1.04. The number of nitrogens with two attached hydrogens (primary N) is 1. The highest BCUT2D eigenvalue weighted by Gasteiger charge is 2.21. The van der Waals surface area contributed by atoms with Gasteiger partial charge in [-0.3, -0.25) is 10.1 Å². The van der Waals surface area contributed by atoms with E-state index in [0.29, 0.717) is 33.9 Å². The van der Waals surface area contributed by atoms with Crippen LogP contribution >= 0.6 is 0 Å². The van der Waals surface area contributed by atoms with Gasteiger partial charge in [0, 0.05) is 0 Å². The van der Waals surface area contributed by atoms with Crippen molar-refractivity contribution in [1.82, 2.24) is 0 Å². The zero-order chi connectivity index (χ0) is 35.0. The number of benzene rings is 4. The molecule has 49 heavy (non-hydrogen) atoms. The first-order valence-corrected chi connectivity index (χ1v) is 17.7. The van der Waals surface area contributed by atoms with Gasteiger partial charge in [-0.05, 0) is 85.3 Å². The third-order valence-corrected chi connectivity index (χ3v) is 8.57. The Balaban J connectivity index is 1.33. The number of anilines is 1. The monoisotopic (exact) mass is 666 g/mol. The largest absolute Gasteiger partial charge is 0.494 e. The zero-order valence-electron chi connectivity index (χ0n) is 29.1. The Morgan fingerprint density at radius 1 is 0.735 bits per heavy atom. The smallest absolute Gasteiger partial charge is 0.343 e. The lowest BCUT2D eigenvalue weighted by molar-refractivity contribution is -0.384. The van der Waals surface area contributed by atoms with E-state index >= 15 is 0 Å². The fourth-order valence-corrected chi connectivity index (χ4v) is 5.69. The average molecular weight is 667 g/mol. The number of hydrogen-bond donors (Lipinski definition) is 1. The highest BCUT2D eigenvalue weighted by Crippen LogP contribution is 2.38. The van der Waals surface area contributed by atoms with E-state index in [1.165, 1.54) is 44.6 Å². The maximum atomic E-state index is 12.9. The van der Waals surface area contributed by atoms with Crippen LogP contribution in [0, 0.1) is 10.1 Å². The lowest BCUT2D eigenvalue weighted by Gasteiger charge is -2.17. The molecule has 0 bridgehead atoms. The number of unbranched alkanes of at least 4 members (excludes halogenated alkanes) is 8. The first kappa shape index (κ1) is 37.0. The first-order chi connectivity index (χ1) is 23.8. The molecular weight excluding hydrogens is 616 g/mol. The third kappa shape index (κ3) is 11.4. The molecule has 0 aliphatic heterocycles. The van der Waals surface area contributed by atoms with Crippen LogP contribution in [0.5, 0.6) is 17.2 Å². The van der Waals surface area contributed by atoms with Crippen LogP contribution in [0.25, 0.3) is 22.3 Å². The zero-order valence-corrected chi connectivity index (χ0v) is 29.1. The number of hydrogen-bond acceptors (Lipinski definition) is 7. The second-order valence-corrected chi connectivity index (χ2v) is 12.6. The molecular formula is C41H50N2O6. The number of esters is 1. The first-order valence-electron chi connectivity index (χ1n) is 17.7. The lowest BCUT2D eigenvalue weighted by atomic mass is 10.0. The van der Waals surface area contributed by atoms with Crippen molar-refractivity contribution in [2.24, 2.45) is 0 Å². The summed E-state index contributed by atoms with van der Waals surface area (Å²) < 4.78 is 17.5. The van der Waals surface area contributed by atoms with Crippen LogP contribution in [-0.4, -0.2) is 23.6 Å². The number of rotatable bonds is 20. The molecule has 0 aliphatic rings. The topological polar surface area (TPSA) is 114 Å². The molecule has 0 saturated carbocycles. The van der Waals surface area contributed by atoms with E-state index in [-0.39, 0.29) is 11.8 Å². The van der Waals surface area contributed by atoms with Gasteiger partial charge in [0.15, 0.2) is 0 Å². The van der Waals surface area contributed by atoms with Crippen LogP contribution in [0.1, 0.15) is 102 Å². The number of nitro groups is 1. The number of carbonyl (C=O) groups is 1. The van der Waals surface area contributed by atoms with Crippen LogP contribution in [0.4, 0.5) is 11.4 Å². The summed E-state index contributed by atoms with van der Waals surface area (Å²) >= 11 is 0. The molecule has 260 valence electrons. The molecule has 0 heterocycles. The van der Waals surface area contributed by atoms with Gasteiger partial charge in [-0.1, -0.05) is 102 Å². The maximum Gasteiger partial charge on any atom is 0.343 e. The Morgan fingerprint density at radius 2 is 1.29 bits per heavy atom. The van der Waals surface area contributed by atoms with Crippen LogP contribution < -0.4 is 19.9 Å². The van der Waals surface area contributed by atoms with Gasteiger partial charge in [0.25, 0.3) is 5.69 Å². The summed E-state index contributed by atoms with van der Waals surface area (Å²) in [6.45, 7) is 7.06. The van der Waals surface area contributed by atoms with Crippen molar-refractivity contribution in [3.63, 3.8) is 0 Å². The minimum absolute atomic E-state index is 0.114. The van der Waals surface area contributed by atoms with E-state index in [2.05, 4.69) is 13.8 Å². The summed E-state index contributed by atoms with van der Waals surface area (Å²) in [6, 6.07) is 24.7.